The van der Waals surface area contributed by atoms with Crippen LogP contribution in [0.4, 0.5) is 0 Å². The second-order valence-corrected chi connectivity index (χ2v) is 4.97. The Morgan fingerprint density at radius 1 is 1.30 bits per heavy atom. The van der Waals surface area contributed by atoms with Crippen molar-refractivity contribution in [2.75, 3.05) is 13.7 Å². The minimum Gasteiger partial charge on any atom is -0.469 e. The van der Waals surface area contributed by atoms with Gasteiger partial charge in [-0.05, 0) is 24.5 Å². The molecule has 0 aliphatic rings. The minimum absolute atomic E-state index is 0.133. The molecule has 6 nitrogen and oxygen atoms in total. The molecule has 0 saturated carbocycles. The van der Waals surface area contributed by atoms with Crippen LogP contribution in [0, 0.1) is 0 Å². The number of hydrogen-bond donors (Lipinski definition) is 2. The lowest BCUT2D eigenvalue weighted by Gasteiger charge is -2.22. The molecule has 1 aromatic carbocycles. The Morgan fingerprint density at radius 2 is 1.96 bits per heavy atom. The third-order valence-electron chi connectivity index (χ3n) is 3.20. The number of aliphatic hydroxyl groups excluding tert-OH is 1. The van der Waals surface area contributed by atoms with Gasteiger partial charge < -0.3 is 14.6 Å². The molecule has 2 unspecified atom stereocenters. The quantitative estimate of drug-likeness (QED) is 0.404. The van der Waals surface area contributed by atoms with E-state index < -0.39 is 24.2 Å². The van der Waals surface area contributed by atoms with Gasteiger partial charge in [0.15, 0.2) is 0 Å². The molecule has 2 N–H and O–H groups in total. The van der Waals surface area contributed by atoms with Crippen molar-refractivity contribution >= 4 is 11.9 Å². The Balaban J connectivity index is 2.74. The van der Waals surface area contributed by atoms with Crippen molar-refractivity contribution in [3.8, 4) is 0 Å². The highest BCUT2D eigenvalue weighted by atomic mass is 16.5. The molecule has 2 atom stereocenters. The number of rotatable bonds is 9. The molecule has 0 amide bonds. The van der Waals surface area contributed by atoms with E-state index in [-0.39, 0.29) is 18.6 Å². The first-order valence-electron chi connectivity index (χ1n) is 7.37. The van der Waals surface area contributed by atoms with E-state index in [1.807, 2.05) is 30.3 Å². The summed E-state index contributed by atoms with van der Waals surface area (Å²) in [5.74, 6) is -0.979. The van der Waals surface area contributed by atoms with Crippen LogP contribution in [0.5, 0.6) is 0 Å². The second-order valence-electron chi connectivity index (χ2n) is 4.97. The normalized spacial score (nSPS) is 13.0. The number of carbonyl (C=O) groups is 2. The molecule has 0 heterocycles. The fourth-order valence-electron chi connectivity index (χ4n) is 1.97. The standard InChI is InChI=1S/C17H23NO5/c1-4-23-17(21)14(11-13-8-6-5-7-9-13)18-16(20)12(2)10-15(19)22-3/h5-9,14,16,18,20H,2,4,10-11H2,1,3H3. The summed E-state index contributed by atoms with van der Waals surface area (Å²) in [7, 11) is 1.26. The van der Waals surface area contributed by atoms with Gasteiger partial charge in [-0.3, -0.25) is 14.9 Å². The summed E-state index contributed by atoms with van der Waals surface area (Å²) in [4.78, 5) is 23.3. The lowest BCUT2D eigenvalue weighted by molar-refractivity contribution is -0.146. The number of benzene rings is 1. The summed E-state index contributed by atoms with van der Waals surface area (Å²) < 4.78 is 9.55. The lowest BCUT2D eigenvalue weighted by Crippen LogP contribution is -2.46. The Bertz CT molecular complexity index is 529. The second kappa shape index (κ2) is 9.76. The number of hydrogen-bond acceptors (Lipinski definition) is 6. The first-order chi connectivity index (χ1) is 11.0. The highest BCUT2D eigenvalue weighted by Gasteiger charge is 2.24. The van der Waals surface area contributed by atoms with E-state index in [0.717, 1.165) is 5.56 Å². The predicted octanol–water partition coefficient (Wildman–Crippen LogP) is 1.19. The van der Waals surface area contributed by atoms with Crippen LogP contribution in [0.15, 0.2) is 42.5 Å². The van der Waals surface area contributed by atoms with Crippen LogP contribution in [-0.2, 0) is 25.5 Å². The fourth-order valence-corrected chi connectivity index (χ4v) is 1.97. The summed E-state index contributed by atoms with van der Waals surface area (Å²) in [6, 6.07) is 8.62. The summed E-state index contributed by atoms with van der Waals surface area (Å²) >= 11 is 0. The van der Waals surface area contributed by atoms with Gasteiger partial charge >= 0.3 is 11.9 Å². The zero-order chi connectivity index (χ0) is 17.2. The molecule has 0 aliphatic carbocycles. The van der Waals surface area contributed by atoms with Crippen LogP contribution in [0.2, 0.25) is 0 Å². The van der Waals surface area contributed by atoms with E-state index in [2.05, 4.69) is 16.6 Å². The van der Waals surface area contributed by atoms with Crippen molar-refractivity contribution in [1.29, 1.82) is 0 Å². The SMILES string of the molecule is C=C(CC(=O)OC)C(O)NC(Cc1ccccc1)C(=O)OCC. The minimum atomic E-state index is -1.22. The van der Waals surface area contributed by atoms with Crippen LogP contribution in [0.3, 0.4) is 0 Å². The van der Waals surface area contributed by atoms with E-state index in [9.17, 15) is 14.7 Å². The summed E-state index contributed by atoms with van der Waals surface area (Å²) in [6.45, 7) is 5.60. The largest absolute Gasteiger partial charge is 0.469 e. The Kier molecular flexibility index (Phi) is 8.01. The average Bonchev–Trinajstić information content (AvgIpc) is 2.55. The summed E-state index contributed by atoms with van der Waals surface area (Å²) in [6.07, 6.45) is -0.999. The van der Waals surface area contributed by atoms with Crippen LogP contribution < -0.4 is 5.32 Å². The molecule has 6 heteroatoms. The number of carbonyl (C=O) groups excluding carboxylic acids is 2. The van der Waals surface area contributed by atoms with Crippen molar-refractivity contribution in [3.05, 3.63) is 48.0 Å². The highest BCUT2D eigenvalue weighted by Crippen LogP contribution is 2.09. The van der Waals surface area contributed by atoms with Crippen molar-refractivity contribution < 1.29 is 24.2 Å². The van der Waals surface area contributed by atoms with E-state index in [4.69, 9.17) is 4.74 Å². The molecule has 126 valence electrons. The molecule has 1 rings (SSSR count). The number of nitrogens with one attached hydrogen (secondary N) is 1. The van der Waals surface area contributed by atoms with E-state index in [1.165, 1.54) is 7.11 Å². The highest BCUT2D eigenvalue weighted by molar-refractivity contribution is 5.76. The summed E-state index contributed by atoms with van der Waals surface area (Å²) in [5, 5.41) is 12.9. The van der Waals surface area contributed by atoms with Crippen LogP contribution >= 0.6 is 0 Å². The van der Waals surface area contributed by atoms with Crippen molar-refractivity contribution in [2.24, 2.45) is 0 Å². The number of esters is 2. The molecular formula is C17H23NO5. The zero-order valence-electron chi connectivity index (χ0n) is 13.5. The van der Waals surface area contributed by atoms with E-state index in [1.54, 1.807) is 6.92 Å². The number of methoxy groups -OCH3 is 1. The number of aliphatic hydroxyl groups is 1. The van der Waals surface area contributed by atoms with Crippen molar-refractivity contribution in [3.63, 3.8) is 0 Å². The molecule has 0 bridgehead atoms. The van der Waals surface area contributed by atoms with Gasteiger partial charge in [-0.1, -0.05) is 36.9 Å². The summed E-state index contributed by atoms with van der Waals surface area (Å²) in [5.41, 5.74) is 1.14. The molecule has 0 aromatic heterocycles. The maximum Gasteiger partial charge on any atom is 0.323 e. The molecule has 0 fully saturated rings. The third kappa shape index (κ3) is 6.63. The van der Waals surface area contributed by atoms with Gasteiger partial charge in [0.2, 0.25) is 0 Å². The van der Waals surface area contributed by atoms with Crippen molar-refractivity contribution in [2.45, 2.75) is 32.0 Å². The molecule has 1 aromatic rings. The third-order valence-corrected chi connectivity index (χ3v) is 3.20. The van der Waals surface area contributed by atoms with Gasteiger partial charge in [-0.25, -0.2) is 0 Å². The van der Waals surface area contributed by atoms with Gasteiger partial charge in [0.1, 0.15) is 12.3 Å². The smallest absolute Gasteiger partial charge is 0.323 e. The maximum atomic E-state index is 12.1. The van der Waals surface area contributed by atoms with Crippen molar-refractivity contribution in [1.82, 2.24) is 5.32 Å². The Morgan fingerprint density at radius 3 is 2.52 bits per heavy atom. The van der Waals surface area contributed by atoms with Gasteiger partial charge in [-0.2, -0.15) is 0 Å². The molecule has 23 heavy (non-hydrogen) atoms. The van der Waals surface area contributed by atoms with Gasteiger partial charge in [-0.15, -0.1) is 0 Å². The Hall–Kier alpha value is -2.18. The first-order valence-corrected chi connectivity index (χ1v) is 7.37. The number of ether oxygens (including phenoxy) is 2. The van der Waals surface area contributed by atoms with E-state index in [0.29, 0.717) is 6.42 Å². The Labute approximate surface area is 136 Å². The van der Waals surface area contributed by atoms with Crippen LogP contribution in [-0.4, -0.2) is 43.0 Å². The zero-order valence-corrected chi connectivity index (χ0v) is 13.5. The van der Waals surface area contributed by atoms with Crippen LogP contribution in [0.25, 0.3) is 0 Å². The van der Waals surface area contributed by atoms with Gasteiger partial charge in [0, 0.05) is 0 Å². The monoisotopic (exact) mass is 321 g/mol. The van der Waals surface area contributed by atoms with Gasteiger partial charge in [0.05, 0.1) is 20.1 Å². The fraction of sp³-hybridized carbons (Fsp3) is 0.412. The maximum absolute atomic E-state index is 12.1. The topological polar surface area (TPSA) is 84.9 Å². The molecular weight excluding hydrogens is 298 g/mol. The lowest BCUT2D eigenvalue weighted by atomic mass is 10.0. The molecule has 0 aliphatic heterocycles. The van der Waals surface area contributed by atoms with Gasteiger partial charge in [0.25, 0.3) is 0 Å². The predicted molar refractivity (Wildman–Crippen MR) is 85.5 cm³/mol. The van der Waals surface area contributed by atoms with Crippen LogP contribution in [0.1, 0.15) is 18.9 Å². The molecule has 0 radical (unpaired) electrons. The molecule has 0 saturated heterocycles. The first kappa shape index (κ1) is 18.9. The molecule has 0 spiro atoms. The van der Waals surface area contributed by atoms with E-state index >= 15 is 0 Å². The average molecular weight is 321 g/mol.